The van der Waals surface area contributed by atoms with Crippen molar-refractivity contribution in [3.05, 3.63) is 28.8 Å². The molecule has 0 aromatic heterocycles. The van der Waals surface area contributed by atoms with Crippen LogP contribution in [0.4, 0.5) is 0 Å². The minimum atomic E-state index is -0.0229. The van der Waals surface area contributed by atoms with Crippen molar-refractivity contribution in [3.8, 4) is 11.5 Å². The molecule has 4 nitrogen and oxygen atoms in total. The number of nitrogens with zero attached hydrogens (tertiary/aromatic N) is 1. The van der Waals surface area contributed by atoms with Crippen molar-refractivity contribution in [2.24, 2.45) is 5.92 Å². The van der Waals surface area contributed by atoms with Gasteiger partial charge < -0.3 is 14.4 Å². The highest BCUT2D eigenvalue weighted by molar-refractivity contribution is 6.32. The van der Waals surface area contributed by atoms with Crippen molar-refractivity contribution in [1.82, 2.24) is 4.90 Å². The third-order valence-corrected chi connectivity index (χ3v) is 3.59. The lowest BCUT2D eigenvalue weighted by Crippen LogP contribution is -2.28. The molecule has 128 valence electrons. The van der Waals surface area contributed by atoms with Crippen LogP contribution in [0.3, 0.4) is 0 Å². The Labute approximate surface area is 144 Å². The number of carbonyl (C=O) groups is 1. The van der Waals surface area contributed by atoms with Crippen LogP contribution in [0.5, 0.6) is 11.5 Å². The van der Waals surface area contributed by atoms with E-state index in [0.29, 0.717) is 42.1 Å². The number of benzene rings is 1. The second-order valence-electron chi connectivity index (χ2n) is 5.58. The first-order valence-electron chi connectivity index (χ1n) is 7.90. The number of likely N-dealkylation sites (N-methyl/N-ethyl adjacent to an activating group) is 1. The van der Waals surface area contributed by atoms with Crippen molar-refractivity contribution in [1.29, 1.82) is 0 Å². The zero-order chi connectivity index (χ0) is 17.4. The molecule has 0 fully saturated rings. The molecule has 0 bridgehead atoms. The Bertz CT molecular complexity index is 551. The lowest BCUT2D eigenvalue weighted by Gasteiger charge is -2.16. The first-order chi connectivity index (χ1) is 10.9. The van der Waals surface area contributed by atoms with Gasteiger partial charge in [0.05, 0.1) is 18.7 Å². The Balaban J connectivity index is 2.97. The average molecular weight is 340 g/mol. The number of methoxy groups -OCH3 is 1. The van der Waals surface area contributed by atoms with E-state index in [9.17, 15) is 4.79 Å². The van der Waals surface area contributed by atoms with Gasteiger partial charge in [0.1, 0.15) is 0 Å². The van der Waals surface area contributed by atoms with Crippen LogP contribution in [0.25, 0.3) is 6.08 Å². The minimum absolute atomic E-state index is 0.0229. The molecule has 5 heteroatoms. The molecule has 0 heterocycles. The van der Waals surface area contributed by atoms with Gasteiger partial charge in [0.2, 0.25) is 5.91 Å². The molecule has 0 saturated carbocycles. The number of ether oxygens (including phenoxy) is 2. The summed E-state index contributed by atoms with van der Waals surface area (Å²) < 4.78 is 11.1. The van der Waals surface area contributed by atoms with Gasteiger partial charge in [-0.15, -0.1) is 0 Å². The summed E-state index contributed by atoms with van der Waals surface area (Å²) in [5, 5.41) is 0.472. The molecule has 1 aromatic carbocycles. The number of hydrogen-bond donors (Lipinski definition) is 0. The van der Waals surface area contributed by atoms with Crippen LogP contribution in [0.2, 0.25) is 5.02 Å². The summed E-state index contributed by atoms with van der Waals surface area (Å²) in [4.78, 5) is 13.8. The zero-order valence-corrected chi connectivity index (χ0v) is 15.3. The van der Waals surface area contributed by atoms with Crippen molar-refractivity contribution < 1.29 is 14.3 Å². The summed E-state index contributed by atoms with van der Waals surface area (Å²) in [5.41, 5.74) is 0.796. The number of rotatable bonds is 8. The topological polar surface area (TPSA) is 38.8 Å². The predicted molar refractivity (Wildman–Crippen MR) is 95.3 cm³/mol. The highest BCUT2D eigenvalue weighted by Gasteiger charge is 2.12. The van der Waals surface area contributed by atoms with Crippen molar-refractivity contribution in [2.45, 2.75) is 27.7 Å². The molecule has 0 aliphatic rings. The zero-order valence-electron chi connectivity index (χ0n) is 14.6. The SMILES string of the molecule is CCN(CC)C(=O)C=Cc1cc(Cl)c(OCC(C)C)c(OC)c1. The first-order valence-corrected chi connectivity index (χ1v) is 8.27. The van der Waals surface area contributed by atoms with E-state index in [0.717, 1.165) is 5.56 Å². The standard InChI is InChI=1S/C18H26ClNO3/c1-6-20(7-2)17(21)9-8-14-10-15(19)18(16(11-14)22-5)23-12-13(3)4/h8-11,13H,6-7,12H2,1-5H3. The van der Waals surface area contributed by atoms with Crippen LogP contribution in [-0.2, 0) is 4.79 Å². The second kappa shape index (κ2) is 9.46. The van der Waals surface area contributed by atoms with Crippen molar-refractivity contribution >= 4 is 23.6 Å². The van der Waals surface area contributed by atoms with Gasteiger partial charge in [0.15, 0.2) is 11.5 Å². The van der Waals surface area contributed by atoms with Crippen LogP contribution < -0.4 is 9.47 Å². The quantitative estimate of drug-likeness (QED) is 0.664. The molecule has 1 amide bonds. The molecule has 0 spiro atoms. The molecular weight excluding hydrogens is 314 g/mol. The van der Waals surface area contributed by atoms with Gasteiger partial charge in [-0.1, -0.05) is 25.4 Å². The van der Waals surface area contributed by atoms with E-state index in [-0.39, 0.29) is 5.91 Å². The summed E-state index contributed by atoms with van der Waals surface area (Å²) in [5.74, 6) is 1.47. The van der Waals surface area contributed by atoms with E-state index >= 15 is 0 Å². The predicted octanol–water partition coefficient (Wildman–Crippen LogP) is 4.27. The molecule has 1 rings (SSSR count). The molecule has 0 aliphatic carbocycles. The van der Waals surface area contributed by atoms with E-state index in [4.69, 9.17) is 21.1 Å². The van der Waals surface area contributed by atoms with E-state index in [2.05, 4.69) is 13.8 Å². The van der Waals surface area contributed by atoms with Crippen LogP contribution in [0.1, 0.15) is 33.3 Å². The lowest BCUT2D eigenvalue weighted by atomic mass is 10.1. The smallest absolute Gasteiger partial charge is 0.246 e. The molecular formula is C18H26ClNO3. The normalized spacial score (nSPS) is 11.1. The maximum absolute atomic E-state index is 12.0. The fourth-order valence-electron chi connectivity index (χ4n) is 2.03. The summed E-state index contributed by atoms with van der Waals surface area (Å²) in [6.07, 6.45) is 3.29. The highest BCUT2D eigenvalue weighted by Crippen LogP contribution is 2.37. The van der Waals surface area contributed by atoms with E-state index in [1.54, 1.807) is 30.2 Å². The number of halogens is 1. The maximum atomic E-state index is 12.0. The van der Waals surface area contributed by atoms with Gasteiger partial charge >= 0.3 is 0 Å². The largest absolute Gasteiger partial charge is 0.493 e. The van der Waals surface area contributed by atoms with Crippen molar-refractivity contribution in [3.63, 3.8) is 0 Å². The molecule has 0 atom stereocenters. The Morgan fingerprint density at radius 2 is 1.96 bits per heavy atom. The average Bonchev–Trinajstić information content (AvgIpc) is 2.52. The third kappa shape index (κ3) is 5.79. The Kier molecular flexibility index (Phi) is 7.96. The first kappa shape index (κ1) is 19.4. The lowest BCUT2D eigenvalue weighted by molar-refractivity contribution is -0.125. The summed E-state index contributed by atoms with van der Waals surface area (Å²) in [6.45, 7) is 9.97. The van der Waals surface area contributed by atoms with Gasteiger partial charge in [-0.2, -0.15) is 0 Å². The number of hydrogen-bond acceptors (Lipinski definition) is 3. The van der Waals surface area contributed by atoms with Crippen molar-refractivity contribution in [2.75, 3.05) is 26.8 Å². The molecule has 0 radical (unpaired) electrons. The summed E-state index contributed by atoms with van der Waals surface area (Å²) in [6, 6.07) is 3.58. The van der Waals surface area contributed by atoms with Crippen LogP contribution in [-0.4, -0.2) is 37.6 Å². The number of amides is 1. The van der Waals surface area contributed by atoms with Gasteiger partial charge in [-0.25, -0.2) is 0 Å². The van der Waals surface area contributed by atoms with Gasteiger partial charge in [0.25, 0.3) is 0 Å². The molecule has 0 aliphatic heterocycles. The fraction of sp³-hybridized carbons (Fsp3) is 0.500. The fourth-order valence-corrected chi connectivity index (χ4v) is 2.31. The number of carbonyl (C=O) groups excluding carboxylic acids is 1. The van der Waals surface area contributed by atoms with Crippen LogP contribution >= 0.6 is 11.6 Å². The molecule has 0 N–H and O–H groups in total. The summed E-state index contributed by atoms with van der Waals surface area (Å²) >= 11 is 6.29. The second-order valence-corrected chi connectivity index (χ2v) is 5.99. The molecule has 23 heavy (non-hydrogen) atoms. The Morgan fingerprint density at radius 3 is 2.48 bits per heavy atom. The highest BCUT2D eigenvalue weighted by atomic mass is 35.5. The van der Waals surface area contributed by atoms with Gasteiger partial charge in [-0.3, -0.25) is 4.79 Å². The Hall–Kier alpha value is -1.68. The maximum Gasteiger partial charge on any atom is 0.246 e. The minimum Gasteiger partial charge on any atom is -0.493 e. The van der Waals surface area contributed by atoms with Gasteiger partial charge in [-0.05, 0) is 43.5 Å². The monoisotopic (exact) mass is 339 g/mol. The van der Waals surface area contributed by atoms with E-state index in [1.165, 1.54) is 0 Å². The van der Waals surface area contributed by atoms with Crippen LogP contribution in [0, 0.1) is 5.92 Å². The summed E-state index contributed by atoms with van der Waals surface area (Å²) in [7, 11) is 1.57. The van der Waals surface area contributed by atoms with E-state index < -0.39 is 0 Å². The molecule has 0 saturated heterocycles. The Morgan fingerprint density at radius 1 is 1.30 bits per heavy atom. The third-order valence-electron chi connectivity index (χ3n) is 3.31. The molecule has 1 aromatic rings. The molecule has 0 unspecified atom stereocenters. The van der Waals surface area contributed by atoms with Gasteiger partial charge in [0, 0.05) is 19.2 Å². The van der Waals surface area contributed by atoms with Crippen LogP contribution in [0.15, 0.2) is 18.2 Å². The van der Waals surface area contributed by atoms with E-state index in [1.807, 2.05) is 19.9 Å².